The maximum Gasteiger partial charge on any atom is 0.337 e. The molecule has 0 bridgehead atoms. The van der Waals surface area contributed by atoms with Gasteiger partial charge in [-0.1, -0.05) is 11.6 Å². The molecule has 0 atom stereocenters. The third-order valence-corrected chi connectivity index (χ3v) is 3.73. The summed E-state index contributed by atoms with van der Waals surface area (Å²) in [6.45, 7) is 0. The van der Waals surface area contributed by atoms with E-state index in [1.54, 1.807) is 11.4 Å². The Hall–Kier alpha value is -2.05. The summed E-state index contributed by atoms with van der Waals surface area (Å²) in [5.41, 5.74) is 0.287. The Morgan fingerprint density at radius 3 is 2.75 bits per heavy atom. The van der Waals surface area contributed by atoms with E-state index in [1.807, 2.05) is 0 Å². The number of nitrogens with one attached hydrogen (secondary N) is 1. The Morgan fingerprint density at radius 1 is 1.35 bits per heavy atom. The number of hydrogen-bond acceptors (Lipinski definition) is 4. The molecule has 5 nitrogen and oxygen atoms in total. The van der Waals surface area contributed by atoms with Gasteiger partial charge in [-0.05, 0) is 29.6 Å². The third-order valence-electron chi connectivity index (χ3n) is 2.51. The maximum atomic E-state index is 12.1. The molecule has 0 unspecified atom stereocenters. The van der Waals surface area contributed by atoms with E-state index in [0.29, 0.717) is 16.3 Å². The summed E-state index contributed by atoms with van der Waals surface area (Å²) in [5, 5.41) is 13.4. The predicted octanol–water partition coefficient (Wildman–Crippen LogP) is 3.36. The average Bonchev–Trinajstić information content (AvgIpc) is 2.89. The highest BCUT2D eigenvalue weighted by Crippen LogP contribution is 2.26. The molecule has 1 aromatic heterocycles. The van der Waals surface area contributed by atoms with Crippen LogP contribution in [0.3, 0.4) is 0 Å². The Bertz CT molecular complexity index is 668. The lowest BCUT2D eigenvalue weighted by Gasteiger charge is -2.07. The summed E-state index contributed by atoms with van der Waals surface area (Å²) in [6, 6.07) is 5.95. The third kappa shape index (κ3) is 2.92. The maximum absolute atomic E-state index is 12.1. The Kier molecular flexibility index (Phi) is 4.26. The van der Waals surface area contributed by atoms with Crippen LogP contribution in [0, 0.1) is 0 Å². The van der Waals surface area contributed by atoms with Gasteiger partial charge in [-0.2, -0.15) is 0 Å². The van der Waals surface area contributed by atoms with Crippen LogP contribution < -0.4 is 10.1 Å². The average molecular weight is 312 g/mol. The molecule has 104 valence electrons. The predicted molar refractivity (Wildman–Crippen MR) is 77.2 cm³/mol. The second-order valence-corrected chi connectivity index (χ2v) is 5.10. The zero-order chi connectivity index (χ0) is 14.7. The minimum Gasteiger partial charge on any atom is -0.495 e. The SMILES string of the molecule is COc1ccsc1C(=O)Nc1ccc(Cl)c(C(=O)O)c1. The van der Waals surface area contributed by atoms with Crippen molar-refractivity contribution in [1.82, 2.24) is 0 Å². The van der Waals surface area contributed by atoms with E-state index in [4.69, 9.17) is 21.4 Å². The van der Waals surface area contributed by atoms with Crippen LogP contribution >= 0.6 is 22.9 Å². The number of anilines is 1. The van der Waals surface area contributed by atoms with Gasteiger partial charge in [-0.15, -0.1) is 11.3 Å². The number of rotatable bonds is 4. The number of carboxylic acids is 1. The second-order valence-electron chi connectivity index (χ2n) is 3.77. The van der Waals surface area contributed by atoms with E-state index < -0.39 is 5.97 Å². The highest BCUT2D eigenvalue weighted by atomic mass is 35.5. The van der Waals surface area contributed by atoms with E-state index in [9.17, 15) is 9.59 Å². The molecular weight excluding hydrogens is 302 g/mol. The van der Waals surface area contributed by atoms with Gasteiger partial charge in [0.1, 0.15) is 10.6 Å². The molecule has 0 saturated heterocycles. The molecule has 20 heavy (non-hydrogen) atoms. The minimum atomic E-state index is -1.15. The van der Waals surface area contributed by atoms with Crippen molar-refractivity contribution < 1.29 is 19.4 Å². The van der Waals surface area contributed by atoms with Crippen molar-refractivity contribution in [3.8, 4) is 5.75 Å². The Morgan fingerprint density at radius 2 is 2.10 bits per heavy atom. The van der Waals surface area contributed by atoms with Crippen molar-refractivity contribution in [2.24, 2.45) is 0 Å². The van der Waals surface area contributed by atoms with Gasteiger partial charge in [-0.3, -0.25) is 4.79 Å². The van der Waals surface area contributed by atoms with Crippen molar-refractivity contribution >= 4 is 40.5 Å². The molecule has 1 amide bonds. The van der Waals surface area contributed by atoms with Gasteiger partial charge >= 0.3 is 5.97 Å². The second kappa shape index (κ2) is 5.94. The largest absolute Gasteiger partial charge is 0.495 e. The number of carboxylic acid groups (broad SMARTS) is 1. The van der Waals surface area contributed by atoms with Crippen molar-refractivity contribution in [3.05, 3.63) is 45.1 Å². The summed E-state index contributed by atoms with van der Waals surface area (Å²) in [6.07, 6.45) is 0. The van der Waals surface area contributed by atoms with Crippen LogP contribution in [-0.4, -0.2) is 24.1 Å². The fraction of sp³-hybridized carbons (Fsp3) is 0.0769. The normalized spacial score (nSPS) is 10.1. The first kappa shape index (κ1) is 14.4. The number of aromatic carboxylic acids is 1. The molecule has 0 spiro atoms. The summed E-state index contributed by atoms with van der Waals surface area (Å²) >= 11 is 7.00. The Balaban J connectivity index is 2.24. The van der Waals surface area contributed by atoms with Crippen molar-refractivity contribution in [2.75, 3.05) is 12.4 Å². The molecule has 0 saturated carbocycles. The van der Waals surface area contributed by atoms with Gasteiger partial charge < -0.3 is 15.2 Å². The number of halogens is 1. The molecular formula is C13H10ClNO4S. The highest BCUT2D eigenvalue weighted by Gasteiger charge is 2.15. The first-order chi connectivity index (χ1) is 9.52. The van der Waals surface area contributed by atoms with E-state index in [0.717, 1.165) is 0 Å². The molecule has 0 fully saturated rings. The highest BCUT2D eigenvalue weighted by molar-refractivity contribution is 7.12. The van der Waals surface area contributed by atoms with E-state index in [2.05, 4.69) is 5.32 Å². The zero-order valence-corrected chi connectivity index (χ0v) is 11.9. The molecule has 2 N–H and O–H groups in total. The quantitative estimate of drug-likeness (QED) is 0.907. The molecule has 1 heterocycles. The van der Waals surface area contributed by atoms with Gasteiger partial charge in [0.25, 0.3) is 5.91 Å². The summed E-state index contributed by atoms with van der Waals surface area (Å²) in [5.74, 6) is -1.05. The number of methoxy groups -OCH3 is 1. The van der Waals surface area contributed by atoms with Crippen LogP contribution in [0.1, 0.15) is 20.0 Å². The number of carbonyl (C=O) groups is 2. The fourth-order valence-corrected chi connectivity index (χ4v) is 2.53. The number of ether oxygens (including phenoxy) is 1. The van der Waals surface area contributed by atoms with Crippen LogP contribution in [0.4, 0.5) is 5.69 Å². The molecule has 0 aliphatic rings. The summed E-state index contributed by atoms with van der Waals surface area (Å²) in [7, 11) is 1.48. The molecule has 0 radical (unpaired) electrons. The van der Waals surface area contributed by atoms with Crippen LogP contribution in [0.25, 0.3) is 0 Å². The van der Waals surface area contributed by atoms with E-state index >= 15 is 0 Å². The van der Waals surface area contributed by atoms with E-state index in [-0.39, 0.29) is 16.5 Å². The molecule has 7 heteroatoms. The first-order valence-corrected chi connectivity index (χ1v) is 6.74. The van der Waals surface area contributed by atoms with Crippen LogP contribution in [0.2, 0.25) is 5.02 Å². The van der Waals surface area contributed by atoms with Gasteiger partial charge in [0.15, 0.2) is 0 Å². The molecule has 0 aliphatic carbocycles. The fourth-order valence-electron chi connectivity index (χ4n) is 1.58. The van der Waals surface area contributed by atoms with Crippen molar-refractivity contribution in [2.45, 2.75) is 0 Å². The topological polar surface area (TPSA) is 75.6 Å². The minimum absolute atomic E-state index is 0.0670. The number of amides is 1. The standard InChI is InChI=1S/C13H10ClNO4S/c1-19-10-4-5-20-11(10)12(16)15-7-2-3-9(14)8(6-7)13(17)18/h2-6H,1H3,(H,15,16)(H,17,18). The molecule has 2 aromatic rings. The number of carbonyl (C=O) groups excluding carboxylic acids is 1. The van der Waals surface area contributed by atoms with Gasteiger partial charge in [0.05, 0.1) is 17.7 Å². The van der Waals surface area contributed by atoms with Crippen LogP contribution in [0.5, 0.6) is 5.75 Å². The lowest BCUT2D eigenvalue weighted by molar-refractivity contribution is 0.0696. The Labute approximate surface area is 123 Å². The lowest BCUT2D eigenvalue weighted by atomic mass is 10.2. The number of thiophene rings is 1. The number of benzene rings is 1. The van der Waals surface area contributed by atoms with Gasteiger partial charge in [0.2, 0.25) is 0 Å². The number of hydrogen-bond donors (Lipinski definition) is 2. The lowest BCUT2D eigenvalue weighted by Crippen LogP contribution is -2.12. The monoisotopic (exact) mass is 311 g/mol. The summed E-state index contributed by atoms with van der Waals surface area (Å²) < 4.78 is 5.06. The first-order valence-electron chi connectivity index (χ1n) is 5.48. The summed E-state index contributed by atoms with van der Waals surface area (Å²) in [4.78, 5) is 23.4. The van der Waals surface area contributed by atoms with Crippen molar-refractivity contribution in [3.63, 3.8) is 0 Å². The van der Waals surface area contributed by atoms with Crippen molar-refractivity contribution in [1.29, 1.82) is 0 Å². The van der Waals surface area contributed by atoms with E-state index in [1.165, 1.54) is 36.6 Å². The van der Waals surface area contributed by atoms with Crippen LogP contribution in [-0.2, 0) is 0 Å². The smallest absolute Gasteiger partial charge is 0.337 e. The van der Waals surface area contributed by atoms with Gasteiger partial charge in [0, 0.05) is 5.69 Å². The van der Waals surface area contributed by atoms with Crippen LogP contribution in [0.15, 0.2) is 29.6 Å². The molecule has 1 aromatic carbocycles. The van der Waals surface area contributed by atoms with Gasteiger partial charge in [-0.25, -0.2) is 4.79 Å². The zero-order valence-electron chi connectivity index (χ0n) is 10.3. The molecule has 2 rings (SSSR count). The molecule has 0 aliphatic heterocycles.